The lowest BCUT2D eigenvalue weighted by Crippen LogP contribution is -2.40. The van der Waals surface area contributed by atoms with Crippen LogP contribution in [0.3, 0.4) is 0 Å². The van der Waals surface area contributed by atoms with Gasteiger partial charge in [-0.25, -0.2) is 9.78 Å². The van der Waals surface area contributed by atoms with E-state index >= 15 is 0 Å². The summed E-state index contributed by atoms with van der Waals surface area (Å²) in [6.07, 6.45) is 1.47. The fourth-order valence-electron chi connectivity index (χ4n) is 1.24. The monoisotopic (exact) mass is 281 g/mol. The van der Waals surface area contributed by atoms with E-state index in [9.17, 15) is 9.59 Å². The van der Waals surface area contributed by atoms with Crippen molar-refractivity contribution in [2.24, 2.45) is 5.41 Å². The SMILES string of the molecule is CCOc1ccc(NC(=O)NCC(C)(C)C(=O)O)cn1. The highest BCUT2D eigenvalue weighted by molar-refractivity contribution is 5.89. The molecule has 0 radical (unpaired) electrons. The zero-order chi connectivity index (χ0) is 15.2. The van der Waals surface area contributed by atoms with E-state index < -0.39 is 17.4 Å². The van der Waals surface area contributed by atoms with Crippen molar-refractivity contribution >= 4 is 17.7 Å². The van der Waals surface area contributed by atoms with Crippen molar-refractivity contribution in [3.63, 3.8) is 0 Å². The Bertz CT molecular complexity index is 471. The summed E-state index contributed by atoms with van der Waals surface area (Å²) >= 11 is 0. The van der Waals surface area contributed by atoms with Gasteiger partial charge in [0.15, 0.2) is 0 Å². The van der Waals surface area contributed by atoms with Gasteiger partial charge in [0.2, 0.25) is 5.88 Å². The lowest BCUT2D eigenvalue weighted by molar-refractivity contribution is -0.146. The van der Waals surface area contributed by atoms with E-state index in [-0.39, 0.29) is 6.54 Å². The van der Waals surface area contributed by atoms with Crippen LogP contribution in [0.5, 0.6) is 5.88 Å². The summed E-state index contributed by atoms with van der Waals surface area (Å²) in [5.41, 5.74) is -0.520. The Labute approximate surface area is 117 Å². The second kappa shape index (κ2) is 6.74. The first-order valence-electron chi connectivity index (χ1n) is 6.22. The van der Waals surface area contributed by atoms with Crippen LogP contribution in [0.15, 0.2) is 18.3 Å². The quantitative estimate of drug-likeness (QED) is 0.737. The van der Waals surface area contributed by atoms with Crippen molar-refractivity contribution in [1.82, 2.24) is 10.3 Å². The van der Waals surface area contributed by atoms with Crippen LogP contribution in [0.1, 0.15) is 20.8 Å². The minimum Gasteiger partial charge on any atom is -0.481 e. The van der Waals surface area contributed by atoms with Crippen LogP contribution in [-0.2, 0) is 4.79 Å². The Morgan fingerprint density at radius 1 is 1.40 bits per heavy atom. The zero-order valence-electron chi connectivity index (χ0n) is 11.8. The highest BCUT2D eigenvalue weighted by atomic mass is 16.5. The molecule has 1 heterocycles. The maximum atomic E-state index is 11.6. The van der Waals surface area contributed by atoms with Gasteiger partial charge in [-0.05, 0) is 26.8 Å². The fraction of sp³-hybridized carbons (Fsp3) is 0.462. The van der Waals surface area contributed by atoms with Crippen molar-refractivity contribution < 1.29 is 19.4 Å². The van der Waals surface area contributed by atoms with E-state index in [1.54, 1.807) is 12.1 Å². The fourth-order valence-corrected chi connectivity index (χ4v) is 1.24. The molecule has 0 bridgehead atoms. The summed E-state index contributed by atoms with van der Waals surface area (Å²) in [5.74, 6) is -0.494. The number of carbonyl (C=O) groups is 2. The topological polar surface area (TPSA) is 101 Å². The lowest BCUT2D eigenvalue weighted by atomic mass is 9.94. The number of anilines is 1. The number of nitrogens with zero attached hydrogens (tertiary/aromatic N) is 1. The van der Waals surface area contributed by atoms with Crippen LogP contribution >= 0.6 is 0 Å². The molecular weight excluding hydrogens is 262 g/mol. The van der Waals surface area contributed by atoms with E-state index in [1.165, 1.54) is 20.0 Å². The van der Waals surface area contributed by atoms with E-state index in [1.807, 2.05) is 6.92 Å². The van der Waals surface area contributed by atoms with Gasteiger partial charge >= 0.3 is 12.0 Å². The maximum absolute atomic E-state index is 11.6. The van der Waals surface area contributed by atoms with Crippen LogP contribution < -0.4 is 15.4 Å². The number of carboxylic acid groups (broad SMARTS) is 1. The van der Waals surface area contributed by atoms with Crippen molar-refractivity contribution in [2.75, 3.05) is 18.5 Å². The number of hydrogen-bond donors (Lipinski definition) is 3. The molecule has 1 aromatic heterocycles. The molecule has 0 fully saturated rings. The number of pyridine rings is 1. The number of hydrogen-bond acceptors (Lipinski definition) is 4. The van der Waals surface area contributed by atoms with Crippen molar-refractivity contribution in [3.05, 3.63) is 18.3 Å². The average molecular weight is 281 g/mol. The summed E-state index contributed by atoms with van der Waals surface area (Å²) in [7, 11) is 0. The van der Waals surface area contributed by atoms with Crippen LogP contribution in [0.2, 0.25) is 0 Å². The van der Waals surface area contributed by atoms with Crippen LogP contribution in [-0.4, -0.2) is 35.2 Å². The predicted molar refractivity (Wildman–Crippen MR) is 73.8 cm³/mol. The molecule has 0 aliphatic rings. The smallest absolute Gasteiger partial charge is 0.319 e. The van der Waals surface area contributed by atoms with Crippen molar-refractivity contribution in [1.29, 1.82) is 0 Å². The molecule has 0 aliphatic heterocycles. The number of nitrogens with one attached hydrogen (secondary N) is 2. The Morgan fingerprint density at radius 3 is 2.60 bits per heavy atom. The molecule has 7 heteroatoms. The molecule has 1 rings (SSSR count). The van der Waals surface area contributed by atoms with Crippen LogP contribution in [0.25, 0.3) is 0 Å². The number of urea groups is 1. The third kappa shape index (κ3) is 4.75. The summed E-state index contributed by atoms with van der Waals surface area (Å²) in [4.78, 5) is 26.5. The van der Waals surface area contributed by atoms with Gasteiger partial charge in [-0.3, -0.25) is 4.79 Å². The zero-order valence-corrected chi connectivity index (χ0v) is 11.8. The van der Waals surface area contributed by atoms with Gasteiger partial charge in [-0.1, -0.05) is 0 Å². The summed E-state index contributed by atoms with van der Waals surface area (Å²) in [6.45, 7) is 5.47. The molecule has 0 aromatic carbocycles. The Balaban J connectivity index is 2.48. The molecule has 0 saturated carbocycles. The third-order valence-electron chi connectivity index (χ3n) is 2.56. The van der Waals surface area contributed by atoms with Gasteiger partial charge < -0.3 is 20.5 Å². The van der Waals surface area contributed by atoms with Gasteiger partial charge in [0, 0.05) is 12.6 Å². The first-order chi connectivity index (χ1) is 9.35. The Hall–Kier alpha value is -2.31. The standard InChI is InChI=1S/C13H19N3O4/c1-4-20-10-6-5-9(7-14-10)16-12(19)15-8-13(2,3)11(17)18/h5-7H,4,8H2,1-3H3,(H,17,18)(H2,15,16,19). The number of rotatable bonds is 6. The molecule has 0 spiro atoms. The molecule has 0 aliphatic carbocycles. The summed E-state index contributed by atoms with van der Waals surface area (Å²) in [5, 5.41) is 14.0. The van der Waals surface area contributed by atoms with Gasteiger partial charge in [0.05, 0.1) is 23.9 Å². The minimum absolute atomic E-state index is 0.0264. The number of aliphatic carboxylic acids is 1. The van der Waals surface area contributed by atoms with Crippen molar-refractivity contribution in [2.45, 2.75) is 20.8 Å². The van der Waals surface area contributed by atoms with E-state index in [0.717, 1.165) is 0 Å². The number of ether oxygens (including phenoxy) is 1. The van der Waals surface area contributed by atoms with Crippen molar-refractivity contribution in [3.8, 4) is 5.88 Å². The molecule has 3 N–H and O–H groups in total. The number of carboxylic acids is 1. The second-order valence-electron chi connectivity index (χ2n) is 4.81. The van der Waals surface area contributed by atoms with Crippen LogP contribution in [0.4, 0.5) is 10.5 Å². The molecule has 20 heavy (non-hydrogen) atoms. The Kier molecular flexibility index (Phi) is 5.31. The van der Waals surface area contributed by atoms with Gasteiger partial charge in [-0.2, -0.15) is 0 Å². The predicted octanol–water partition coefficient (Wildman–Crippen LogP) is 1.71. The molecule has 0 saturated heterocycles. The molecule has 7 nitrogen and oxygen atoms in total. The third-order valence-corrected chi connectivity index (χ3v) is 2.56. The molecular formula is C13H19N3O4. The minimum atomic E-state index is -1.02. The van der Waals surface area contributed by atoms with E-state index in [2.05, 4.69) is 15.6 Å². The molecule has 1 aromatic rings. The van der Waals surface area contributed by atoms with Crippen LogP contribution in [0, 0.1) is 5.41 Å². The normalized spacial score (nSPS) is 10.8. The maximum Gasteiger partial charge on any atom is 0.319 e. The lowest BCUT2D eigenvalue weighted by Gasteiger charge is -2.19. The molecule has 110 valence electrons. The van der Waals surface area contributed by atoms with E-state index in [0.29, 0.717) is 18.2 Å². The molecule has 2 amide bonds. The second-order valence-corrected chi connectivity index (χ2v) is 4.81. The number of amides is 2. The number of aromatic nitrogens is 1. The highest BCUT2D eigenvalue weighted by Crippen LogP contribution is 2.14. The van der Waals surface area contributed by atoms with E-state index in [4.69, 9.17) is 9.84 Å². The molecule has 0 unspecified atom stereocenters. The Morgan fingerprint density at radius 2 is 2.10 bits per heavy atom. The largest absolute Gasteiger partial charge is 0.481 e. The number of carbonyl (C=O) groups excluding carboxylic acids is 1. The van der Waals surface area contributed by atoms with Gasteiger partial charge in [-0.15, -0.1) is 0 Å². The van der Waals surface area contributed by atoms with Gasteiger partial charge in [0.25, 0.3) is 0 Å². The summed E-state index contributed by atoms with van der Waals surface area (Å²) in [6, 6.07) is 2.81. The summed E-state index contributed by atoms with van der Waals surface area (Å²) < 4.78 is 5.18. The average Bonchev–Trinajstić information content (AvgIpc) is 2.39. The van der Waals surface area contributed by atoms with Gasteiger partial charge in [0.1, 0.15) is 0 Å². The molecule has 0 atom stereocenters. The first-order valence-corrected chi connectivity index (χ1v) is 6.22. The first kappa shape index (κ1) is 15.7. The highest BCUT2D eigenvalue weighted by Gasteiger charge is 2.27.